The molecule has 0 atom stereocenters. The van der Waals surface area contributed by atoms with Crippen LogP contribution in [0.25, 0.3) is 0 Å². The molecule has 1 heterocycles. The predicted molar refractivity (Wildman–Crippen MR) is 74.4 cm³/mol. The van der Waals surface area contributed by atoms with E-state index in [0.29, 0.717) is 26.2 Å². The Labute approximate surface area is 118 Å². The second-order valence-corrected chi connectivity index (χ2v) is 4.46. The van der Waals surface area contributed by atoms with Crippen molar-refractivity contribution in [1.82, 2.24) is 15.5 Å². The summed E-state index contributed by atoms with van der Waals surface area (Å²) >= 11 is 0. The third-order valence-corrected chi connectivity index (χ3v) is 3.00. The first-order valence-corrected chi connectivity index (χ1v) is 6.73. The van der Waals surface area contributed by atoms with E-state index >= 15 is 0 Å². The van der Waals surface area contributed by atoms with E-state index in [0.717, 1.165) is 18.8 Å². The molecule has 0 unspecified atom stereocenters. The molecule has 1 saturated heterocycles. The topological polar surface area (TPSA) is 70.7 Å². The number of nitrogens with zero attached hydrogens (tertiary/aromatic N) is 1. The van der Waals surface area contributed by atoms with Crippen molar-refractivity contribution in [3.8, 4) is 5.75 Å². The van der Waals surface area contributed by atoms with E-state index in [2.05, 4.69) is 10.6 Å². The van der Waals surface area contributed by atoms with E-state index in [1.807, 2.05) is 30.3 Å². The molecule has 1 aromatic rings. The van der Waals surface area contributed by atoms with Crippen LogP contribution in [0.2, 0.25) is 0 Å². The van der Waals surface area contributed by atoms with E-state index in [-0.39, 0.29) is 0 Å². The summed E-state index contributed by atoms with van der Waals surface area (Å²) in [6, 6.07) is 9.34. The molecule has 1 aliphatic heterocycles. The van der Waals surface area contributed by atoms with Crippen LogP contribution in [0.1, 0.15) is 0 Å². The third kappa shape index (κ3) is 4.24. The van der Waals surface area contributed by atoms with Gasteiger partial charge in [0.05, 0.1) is 6.54 Å². The average molecular weight is 277 g/mol. The zero-order valence-electron chi connectivity index (χ0n) is 11.3. The zero-order chi connectivity index (χ0) is 14.2. The van der Waals surface area contributed by atoms with Gasteiger partial charge in [0, 0.05) is 26.2 Å². The Bertz CT molecular complexity index is 444. The van der Waals surface area contributed by atoms with Crippen LogP contribution in [0.5, 0.6) is 5.75 Å². The molecule has 20 heavy (non-hydrogen) atoms. The number of rotatable bonds is 4. The highest BCUT2D eigenvalue weighted by Gasteiger charge is 2.22. The largest absolute Gasteiger partial charge is 0.492 e. The SMILES string of the molecule is O=C(NCCOc1ccccc1)C(=O)N1CCNCC1. The number of amides is 2. The molecule has 108 valence electrons. The normalized spacial score (nSPS) is 14.7. The summed E-state index contributed by atoms with van der Waals surface area (Å²) in [5.41, 5.74) is 0. The van der Waals surface area contributed by atoms with Crippen LogP contribution in [0.15, 0.2) is 30.3 Å². The second-order valence-electron chi connectivity index (χ2n) is 4.46. The minimum atomic E-state index is -0.566. The first-order valence-electron chi connectivity index (χ1n) is 6.73. The zero-order valence-corrected chi connectivity index (χ0v) is 11.3. The Morgan fingerprint density at radius 3 is 2.60 bits per heavy atom. The van der Waals surface area contributed by atoms with Gasteiger partial charge in [-0.25, -0.2) is 0 Å². The van der Waals surface area contributed by atoms with Crippen molar-refractivity contribution in [2.24, 2.45) is 0 Å². The molecular weight excluding hydrogens is 258 g/mol. The van der Waals surface area contributed by atoms with E-state index in [1.54, 1.807) is 4.90 Å². The first-order chi connectivity index (χ1) is 9.77. The van der Waals surface area contributed by atoms with Crippen molar-refractivity contribution < 1.29 is 14.3 Å². The lowest BCUT2D eigenvalue weighted by atomic mass is 10.3. The molecule has 0 aliphatic carbocycles. The van der Waals surface area contributed by atoms with Gasteiger partial charge in [-0.05, 0) is 12.1 Å². The predicted octanol–water partition coefficient (Wildman–Crippen LogP) is -0.387. The van der Waals surface area contributed by atoms with Crippen LogP contribution in [-0.4, -0.2) is 56.0 Å². The Morgan fingerprint density at radius 2 is 1.90 bits per heavy atom. The number of nitrogens with one attached hydrogen (secondary N) is 2. The molecular formula is C14H19N3O3. The molecule has 2 N–H and O–H groups in total. The summed E-state index contributed by atoms with van der Waals surface area (Å²) in [7, 11) is 0. The van der Waals surface area contributed by atoms with E-state index < -0.39 is 11.8 Å². The van der Waals surface area contributed by atoms with Crippen LogP contribution in [0, 0.1) is 0 Å². The molecule has 2 amide bonds. The molecule has 6 heteroatoms. The summed E-state index contributed by atoms with van der Waals surface area (Å²) in [6.07, 6.45) is 0. The summed E-state index contributed by atoms with van der Waals surface area (Å²) in [4.78, 5) is 25.0. The minimum absolute atomic E-state index is 0.311. The number of hydrogen-bond donors (Lipinski definition) is 2. The molecule has 6 nitrogen and oxygen atoms in total. The fourth-order valence-corrected chi connectivity index (χ4v) is 1.94. The molecule has 0 radical (unpaired) electrons. The number of para-hydroxylation sites is 1. The second kappa shape index (κ2) is 7.49. The van der Waals surface area contributed by atoms with Crippen molar-refractivity contribution in [2.45, 2.75) is 0 Å². The standard InChI is InChI=1S/C14H19N3O3/c18-13(14(19)17-9-6-15-7-10-17)16-8-11-20-12-4-2-1-3-5-12/h1-5,15H,6-11H2,(H,16,18). The lowest BCUT2D eigenvalue weighted by Crippen LogP contribution is -2.51. The lowest BCUT2D eigenvalue weighted by Gasteiger charge is -2.26. The number of carbonyl (C=O) groups excluding carboxylic acids is 2. The number of carbonyl (C=O) groups is 2. The smallest absolute Gasteiger partial charge is 0.311 e. The van der Waals surface area contributed by atoms with E-state index in [4.69, 9.17) is 4.74 Å². The van der Waals surface area contributed by atoms with Crippen LogP contribution >= 0.6 is 0 Å². The summed E-state index contributed by atoms with van der Waals surface area (Å²) < 4.78 is 5.43. The van der Waals surface area contributed by atoms with Gasteiger partial charge in [-0.3, -0.25) is 9.59 Å². The highest BCUT2D eigenvalue weighted by molar-refractivity contribution is 6.35. The van der Waals surface area contributed by atoms with E-state index in [1.165, 1.54) is 0 Å². The molecule has 0 saturated carbocycles. The van der Waals surface area contributed by atoms with Crippen molar-refractivity contribution >= 4 is 11.8 Å². The Balaban J connectivity index is 1.65. The van der Waals surface area contributed by atoms with E-state index in [9.17, 15) is 9.59 Å². The van der Waals surface area contributed by atoms with Crippen molar-refractivity contribution in [2.75, 3.05) is 39.3 Å². The average Bonchev–Trinajstić information content (AvgIpc) is 2.52. The van der Waals surface area contributed by atoms with Gasteiger partial charge < -0.3 is 20.3 Å². The maximum absolute atomic E-state index is 11.8. The molecule has 0 aromatic heterocycles. The highest BCUT2D eigenvalue weighted by atomic mass is 16.5. The Morgan fingerprint density at radius 1 is 1.20 bits per heavy atom. The third-order valence-electron chi connectivity index (χ3n) is 3.00. The maximum atomic E-state index is 11.8. The summed E-state index contributed by atoms with van der Waals surface area (Å²) in [5.74, 6) is -0.287. The van der Waals surface area contributed by atoms with Crippen LogP contribution in [-0.2, 0) is 9.59 Å². The van der Waals surface area contributed by atoms with Crippen molar-refractivity contribution in [3.63, 3.8) is 0 Å². The number of piperazine rings is 1. The fourth-order valence-electron chi connectivity index (χ4n) is 1.94. The fraction of sp³-hybridized carbons (Fsp3) is 0.429. The van der Waals surface area contributed by atoms with Gasteiger partial charge in [0.1, 0.15) is 12.4 Å². The minimum Gasteiger partial charge on any atom is -0.492 e. The monoisotopic (exact) mass is 277 g/mol. The maximum Gasteiger partial charge on any atom is 0.311 e. The quantitative estimate of drug-likeness (QED) is 0.581. The number of benzene rings is 1. The molecule has 1 aliphatic rings. The summed E-state index contributed by atoms with van der Waals surface area (Å²) in [6.45, 7) is 3.27. The first kappa shape index (κ1) is 14.3. The van der Waals surface area contributed by atoms with Crippen molar-refractivity contribution in [3.05, 3.63) is 30.3 Å². The summed E-state index contributed by atoms with van der Waals surface area (Å²) in [5, 5.41) is 5.71. The van der Waals surface area contributed by atoms with Crippen LogP contribution in [0.4, 0.5) is 0 Å². The molecule has 1 aromatic carbocycles. The Hall–Kier alpha value is -2.08. The van der Waals surface area contributed by atoms with Crippen LogP contribution < -0.4 is 15.4 Å². The lowest BCUT2D eigenvalue weighted by molar-refractivity contribution is -0.146. The van der Waals surface area contributed by atoms with Gasteiger partial charge in [0.25, 0.3) is 0 Å². The van der Waals surface area contributed by atoms with Crippen molar-refractivity contribution in [1.29, 1.82) is 0 Å². The molecule has 2 rings (SSSR count). The van der Waals surface area contributed by atoms with Gasteiger partial charge in [-0.15, -0.1) is 0 Å². The van der Waals surface area contributed by atoms with Gasteiger partial charge in [0.15, 0.2) is 0 Å². The molecule has 0 bridgehead atoms. The number of ether oxygens (including phenoxy) is 1. The van der Waals surface area contributed by atoms with Gasteiger partial charge >= 0.3 is 11.8 Å². The van der Waals surface area contributed by atoms with Crippen LogP contribution in [0.3, 0.4) is 0 Å². The molecule has 0 spiro atoms. The van der Waals surface area contributed by atoms with Gasteiger partial charge in [-0.1, -0.05) is 18.2 Å². The Kier molecular flexibility index (Phi) is 5.37. The van der Waals surface area contributed by atoms with Gasteiger partial charge in [0.2, 0.25) is 0 Å². The molecule has 1 fully saturated rings. The van der Waals surface area contributed by atoms with Gasteiger partial charge in [-0.2, -0.15) is 0 Å². The number of hydrogen-bond acceptors (Lipinski definition) is 4. The highest BCUT2D eigenvalue weighted by Crippen LogP contribution is 2.07.